The predicted octanol–water partition coefficient (Wildman–Crippen LogP) is 1.70. The van der Waals surface area contributed by atoms with Crippen molar-refractivity contribution in [3.05, 3.63) is 0 Å². The van der Waals surface area contributed by atoms with Crippen molar-refractivity contribution >= 4 is 5.90 Å². The second kappa shape index (κ2) is 3.70. The fourth-order valence-corrected chi connectivity index (χ4v) is 3.20. The first-order valence-electron chi connectivity index (χ1n) is 6.08. The van der Waals surface area contributed by atoms with Gasteiger partial charge in [-0.15, -0.1) is 0 Å². The van der Waals surface area contributed by atoms with E-state index in [4.69, 9.17) is 14.9 Å². The van der Waals surface area contributed by atoms with Crippen LogP contribution in [0.25, 0.3) is 0 Å². The van der Waals surface area contributed by atoms with E-state index in [-0.39, 0.29) is 5.90 Å². The first-order chi connectivity index (χ1) is 8.88. The highest BCUT2D eigenvalue weighted by Crippen LogP contribution is 2.62. The van der Waals surface area contributed by atoms with E-state index in [1.807, 2.05) is 18.2 Å². The van der Waals surface area contributed by atoms with E-state index in [0.717, 1.165) is 0 Å². The van der Waals surface area contributed by atoms with Gasteiger partial charge >= 0.3 is 0 Å². The summed E-state index contributed by atoms with van der Waals surface area (Å²) in [5.41, 5.74) is -3.30. The standard InChI is InChI=1S/C13H14N4O2/c1-4-9-12(5-14,6-15)13(7-16)8(2)11(3,18-9)19-10(13)17/h8-9,17H,4H2,1-3H3. The lowest BCUT2D eigenvalue weighted by molar-refractivity contribution is -0.266. The molecule has 4 unspecified atom stereocenters. The summed E-state index contributed by atoms with van der Waals surface area (Å²) in [5.74, 6) is -2.05. The number of nitriles is 3. The molecule has 4 atom stereocenters. The molecule has 0 spiro atoms. The highest BCUT2D eigenvalue weighted by molar-refractivity contribution is 5.89. The molecule has 6 heteroatoms. The lowest BCUT2D eigenvalue weighted by atomic mass is 9.54. The third-order valence-corrected chi connectivity index (χ3v) is 4.48. The Morgan fingerprint density at radius 3 is 2.26 bits per heavy atom. The second-order valence-corrected chi connectivity index (χ2v) is 5.14. The summed E-state index contributed by atoms with van der Waals surface area (Å²) in [5, 5.41) is 36.6. The van der Waals surface area contributed by atoms with Gasteiger partial charge in [-0.1, -0.05) is 13.8 Å². The fourth-order valence-electron chi connectivity index (χ4n) is 3.20. The number of rotatable bonds is 1. The van der Waals surface area contributed by atoms with E-state index in [1.54, 1.807) is 20.8 Å². The van der Waals surface area contributed by atoms with E-state index in [1.165, 1.54) is 0 Å². The van der Waals surface area contributed by atoms with E-state index in [0.29, 0.717) is 6.42 Å². The normalized spacial score (nSPS) is 42.6. The van der Waals surface area contributed by atoms with Gasteiger partial charge in [0.25, 0.3) is 0 Å². The highest BCUT2D eigenvalue weighted by atomic mass is 16.7. The van der Waals surface area contributed by atoms with Crippen molar-refractivity contribution in [1.82, 2.24) is 0 Å². The Hall–Kier alpha value is -2.10. The van der Waals surface area contributed by atoms with Gasteiger partial charge in [0.15, 0.2) is 10.8 Å². The quantitative estimate of drug-likeness (QED) is 0.768. The van der Waals surface area contributed by atoms with Gasteiger partial charge in [0, 0.05) is 6.92 Å². The molecule has 2 aliphatic heterocycles. The number of fused-ring (bicyclic) bond motifs is 2. The van der Waals surface area contributed by atoms with Gasteiger partial charge in [0.1, 0.15) is 0 Å². The van der Waals surface area contributed by atoms with Crippen molar-refractivity contribution in [2.75, 3.05) is 0 Å². The van der Waals surface area contributed by atoms with Crippen molar-refractivity contribution in [3.8, 4) is 18.2 Å². The van der Waals surface area contributed by atoms with Crippen LogP contribution in [0.4, 0.5) is 0 Å². The maximum absolute atomic E-state index is 9.61. The molecule has 0 saturated carbocycles. The summed E-state index contributed by atoms with van der Waals surface area (Å²) < 4.78 is 11.2. The third kappa shape index (κ3) is 1.14. The third-order valence-electron chi connectivity index (χ3n) is 4.48. The molecule has 1 N–H and O–H groups in total. The zero-order chi connectivity index (χ0) is 14.5. The number of hydrogen-bond donors (Lipinski definition) is 1. The molecule has 0 aromatic rings. The van der Waals surface area contributed by atoms with E-state index >= 15 is 0 Å². The molecular formula is C13H14N4O2. The molecule has 2 bridgehead atoms. The molecular weight excluding hydrogens is 244 g/mol. The molecule has 0 aromatic carbocycles. The van der Waals surface area contributed by atoms with E-state index in [2.05, 4.69) is 0 Å². The minimum absolute atomic E-state index is 0.343. The predicted molar refractivity (Wildman–Crippen MR) is 63.2 cm³/mol. The topological polar surface area (TPSA) is 114 Å². The Labute approximate surface area is 111 Å². The van der Waals surface area contributed by atoms with Crippen LogP contribution < -0.4 is 0 Å². The highest BCUT2D eigenvalue weighted by Gasteiger charge is 2.77. The average molecular weight is 258 g/mol. The lowest BCUT2D eigenvalue weighted by Gasteiger charge is -2.47. The molecule has 2 heterocycles. The summed E-state index contributed by atoms with van der Waals surface area (Å²) in [6, 6.07) is 5.89. The van der Waals surface area contributed by atoms with Gasteiger partial charge in [-0.25, -0.2) is 0 Å². The van der Waals surface area contributed by atoms with Crippen molar-refractivity contribution in [3.63, 3.8) is 0 Å². The Morgan fingerprint density at radius 2 is 1.84 bits per heavy atom. The van der Waals surface area contributed by atoms with Gasteiger partial charge in [-0.2, -0.15) is 15.8 Å². The second-order valence-electron chi connectivity index (χ2n) is 5.14. The summed E-state index contributed by atoms with van der Waals surface area (Å²) >= 11 is 0. The van der Waals surface area contributed by atoms with Crippen LogP contribution in [0.15, 0.2) is 0 Å². The Balaban J connectivity index is 2.80. The van der Waals surface area contributed by atoms with Crippen LogP contribution in [0.2, 0.25) is 0 Å². The molecule has 0 radical (unpaired) electrons. The lowest BCUT2D eigenvalue weighted by Crippen LogP contribution is -2.60. The molecule has 2 saturated heterocycles. The first kappa shape index (κ1) is 13.3. The number of hydrogen-bond acceptors (Lipinski definition) is 6. The van der Waals surface area contributed by atoms with Crippen molar-refractivity contribution in [2.45, 2.75) is 39.1 Å². The van der Waals surface area contributed by atoms with Crippen LogP contribution in [-0.4, -0.2) is 17.8 Å². The first-order valence-corrected chi connectivity index (χ1v) is 6.08. The van der Waals surface area contributed by atoms with Gasteiger partial charge < -0.3 is 9.47 Å². The Bertz CT molecular complexity index is 553. The number of ether oxygens (including phenoxy) is 2. The summed E-state index contributed by atoms with van der Waals surface area (Å²) in [4.78, 5) is 0. The maximum atomic E-state index is 9.61. The van der Waals surface area contributed by atoms with Crippen LogP contribution in [0.5, 0.6) is 0 Å². The summed E-state index contributed by atoms with van der Waals surface area (Å²) in [6.07, 6.45) is -0.366. The number of nitrogens with one attached hydrogen (secondary N) is 1. The SMILES string of the molecule is CCC1OC2(C)OC(=N)C(C#N)(C2C)C1(C#N)C#N. The molecule has 6 nitrogen and oxygen atoms in total. The molecule has 0 aromatic heterocycles. The van der Waals surface area contributed by atoms with Crippen LogP contribution >= 0.6 is 0 Å². The fraction of sp³-hybridized carbons (Fsp3) is 0.692. The molecule has 98 valence electrons. The molecule has 19 heavy (non-hydrogen) atoms. The zero-order valence-corrected chi connectivity index (χ0v) is 11.0. The Morgan fingerprint density at radius 1 is 1.26 bits per heavy atom. The van der Waals surface area contributed by atoms with Gasteiger partial charge in [0.2, 0.25) is 11.7 Å². The van der Waals surface area contributed by atoms with Crippen LogP contribution in [0.3, 0.4) is 0 Å². The Kier molecular flexibility index (Phi) is 2.59. The van der Waals surface area contributed by atoms with Gasteiger partial charge in [-0.05, 0) is 6.42 Å². The summed E-state index contributed by atoms with van der Waals surface area (Å²) in [7, 11) is 0. The molecule has 2 fully saturated rings. The zero-order valence-electron chi connectivity index (χ0n) is 11.0. The molecule has 2 aliphatic rings. The minimum atomic E-state index is -1.72. The van der Waals surface area contributed by atoms with E-state index in [9.17, 15) is 15.8 Å². The monoisotopic (exact) mass is 258 g/mol. The minimum Gasteiger partial charge on any atom is -0.448 e. The molecule has 0 aliphatic carbocycles. The van der Waals surface area contributed by atoms with Crippen LogP contribution in [-0.2, 0) is 9.47 Å². The summed E-state index contributed by atoms with van der Waals surface area (Å²) in [6.45, 7) is 5.11. The van der Waals surface area contributed by atoms with Crippen LogP contribution in [0.1, 0.15) is 27.2 Å². The maximum Gasteiger partial charge on any atom is 0.214 e. The van der Waals surface area contributed by atoms with Gasteiger partial charge in [0.05, 0.1) is 30.2 Å². The molecule has 0 amide bonds. The molecule has 2 rings (SSSR count). The van der Waals surface area contributed by atoms with Crippen molar-refractivity contribution in [2.24, 2.45) is 16.7 Å². The van der Waals surface area contributed by atoms with E-state index < -0.39 is 28.6 Å². The van der Waals surface area contributed by atoms with Crippen molar-refractivity contribution in [1.29, 1.82) is 21.2 Å². The average Bonchev–Trinajstić information content (AvgIpc) is 2.55. The smallest absolute Gasteiger partial charge is 0.214 e. The van der Waals surface area contributed by atoms with Gasteiger partial charge in [-0.3, -0.25) is 5.41 Å². The number of nitrogens with zero attached hydrogens (tertiary/aromatic N) is 3. The largest absolute Gasteiger partial charge is 0.448 e. The van der Waals surface area contributed by atoms with Crippen LogP contribution in [0, 0.1) is 56.2 Å². The van der Waals surface area contributed by atoms with Crippen molar-refractivity contribution < 1.29 is 9.47 Å².